The zero-order chi connectivity index (χ0) is 23.5. The van der Waals surface area contributed by atoms with Crippen LogP contribution in [0.1, 0.15) is 32.6 Å². The minimum Gasteiger partial charge on any atom is -0.372 e. The molecule has 0 saturated carbocycles. The number of ether oxygens (including phenoxy) is 1. The molecule has 34 heavy (non-hydrogen) atoms. The minimum atomic E-state index is -0.00148. The van der Waals surface area contributed by atoms with Gasteiger partial charge >= 0.3 is 0 Å². The topological polar surface area (TPSA) is 66.0 Å². The van der Waals surface area contributed by atoms with E-state index in [0.29, 0.717) is 37.8 Å². The lowest BCUT2D eigenvalue weighted by Crippen LogP contribution is -2.36. The molecule has 0 aliphatic carbocycles. The molecule has 0 aliphatic rings. The van der Waals surface area contributed by atoms with Crippen molar-refractivity contribution in [1.82, 2.24) is 15.5 Å². The maximum absolute atomic E-state index is 12.0. The Balaban J connectivity index is 0.00000408. The summed E-state index contributed by atoms with van der Waals surface area (Å²) in [4.78, 5) is 17.9. The highest BCUT2D eigenvalue weighted by Gasteiger charge is 2.08. The van der Waals surface area contributed by atoms with Crippen LogP contribution in [0.5, 0.6) is 0 Å². The summed E-state index contributed by atoms with van der Waals surface area (Å²) >= 11 is 0. The van der Waals surface area contributed by atoms with Crippen molar-refractivity contribution in [3.63, 3.8) is 0 Å². The Hall–Kier alpha value is -2.91. The summed E-state index contributed by atoms with van der Waals surface area (Å²) < 4.78 is 5.93. The molecular formula is C27H33IN4O2. The number of guanidine groups is 1. The number of amides is 1. The van der Waals surface area contributed by atoms with E-state index in [0.717, 1.165) is 16.7 Å². The number of hydrogen-bond donors (Lipinski definition) is 2. The first kappa shape index (κ1) is 27.3. The van der Waals surface area contributed by atoms with Gasteiger partial charge in [0, 0.05) is 39.8 Å². The highest BCUT2D eigenvalue weighted by Crippen LogP contribution is 2.12. The lowest BCUT2D eigenvalue weighted by Gasteiger charge is -2.15. The Morgan fingerprint density at radius 1 is 0.794 bits per heavy atom. The summed E-state index contributed by atoms with van der Waals surface area (Å²) in [6.45, 7) is 2.39. The first-order valence-corrected chi connectivity index (χ1v) is 11.0. The van der Waals surface area contributed by atoms with Crippen LogP contribution in [0.25, 0.3) is 0 Å². The molecule has 3 rings (SSSR count). The maximum atomic E-state index is 12.0. The van der Waals surface area contributed by atoms with E-state index in [4.69, 9.17) is 4.74 Å². The van der Waals surface area contributed by atoms with Gasteiger partial charge in [0.05, 0.1) is 13.2 Å². The molecule has 3 aromatic carbocycles. The number of rotatable bonds is 9. The van der Waals surface area contributed by atoms with Crippen LogP contribution >= 0.6 is 24.0 Å². The van der Waals surface area contributed by atoms with Gasteiger partial charge in [-0.2, -0.15) is 0 Å². The van der Waals surface area contributed by atoms with E-state index < -0.39 is 0 Å². The SMILES string of the molecule is CN=C(NCc1ccc(C(=O)N(C)C)cc1)NCc1ccccc1COCc1ccccc1.I. The summed E-state index contributed by atoms with van der Waals surface area (Å²) in [5.74, 6) is 0.710. The number of carbonyl (C=O) groups excluding carboxylic acids is 1. The summed E-state index contributed by atoms with van der Waals surface area (Å²) in [5, 5.41) is 6.70. The average Bonchev–Trinajstić information content (AvgIpc) is 2.85. The molecule has 0 saturated heterocycles. The van der Waals surface area contributed by atoms with Gasteiger partial charge in [0.2, 0.25) is 0 Å². The molecule has 6 nitrogen and oxygen atoms in total. The summed E-state index contributed by atoms with van der Waals surface area (Å²) in [5.41, 5.74) is 5.23. The van der Waals surface area contributed by atoms with Gasteiger partial charge in [-0.15, -0.1) is 24.0 Å². The van der Waals surface area contributed by atoms with E-state index in [2.05, 4.69) is 39.9 Å². The third-order valence-electron chi connectivity index (χ3n) is 5.22. The van der Waals surface area contributed by atoms with Crippen molar-refractivity contribution in [2.75, 3.05) is 21.1 Å². The third-order valence-corrected chi connectivity index (χ3v) is 5.22. The Labute approximate surface area is 219 Å². The summed E-state index contributed by atoms with van der Waals surface area (Å²) in [7, 11) is 5.26. The number of nitrogens with zero attached hydrogens (tertiary/aromatic N) is 2. The molecule has 7 heteroatoms. The minimum absolute atomic E-state index is 0. The molecule has 180 valence electrons. The molecule has 0 bridgehead atoms. The smallest absolute Gasteiger partial charge is 0.253 e. The number of halogens is 1. The van der Waals surface area contributed by atoms with Crippen molar-refractivity contribution in [1.29, 1.82) is 0 Å². The monoisotopic (exact) mass is 572 g/mol. The Morgan fingerprint density at radius 2 is 1.41 bits per heavy atom. The molecule has 0 spiro atoms. The van der Waals surface area contributed by atoms with Crippen molar-refractivity contribution in [2.24, 2.45) is 4.99 Å². The van der Waals surface area contributed by atoms with E-state index in [1.165, 1.54) is 5.56 Å². The van der Waals surface area contributed by atoms with Crippen LogP contribution in [0.2, 0.25) is 0 Å². The van der Waals surface area contributed by atoms with E-state index in [1.54, 1.807) is 26.0 Å². The van der Waals surface area contributed by atoms with E-state index in [-0.39, 0.29) is 29.9 Å². The van der Waals surface area contributed by atoms with Gasteiger partial charge < -0.3 is 20.3 Å². The Kier molecular flexibility index (Phi) is 11.6. The molecule has 1 amide bonds. The fraction of sp³-hybridized carbons (Fsp3) is 0.259. The van der Waals surface area contributed by atoms with Gasteiger partial charge in [-0.3, -0.25) is 9.79 Å². The van der Waals surface area contributed by atoms with Crippen molar-refractivity contribution in [2.45, 2.75) is 26.3 Å². The van der Waals surface area contributed by atoms with Crippen molar-refractivity contribution in [3.05, 3.63) is 107 Å². The first-order chi connectivity index (χ1) is 16.1. The molecule has 0 atom stereocenters. The highest BCUT2D eigenvalue weighted by molar-refractivity contribution is 14.0. The van der Waals surface area contributed by atoms with Crippen LogP contribution < -0.4 is 10.6 Å². The largest absolute Gasteiger partial charge is 0.372 e. The number of benzene rings is 3. The molecule has 0 radical (unpaired) electrons. The van der Waals surface area contributed by atoms with Crippen molar-refractivity contribution in [3.8, 4) is 0 Å². The number of nitrogens with one attached hydrogen (secondary N) is 2. The van der Waals surface area contributed by atoms with Crippen molar-refractivity contribution < 1.29 is 9.53 Å². The van der Waals surface area contributed by atoms with Gasteiger partial charge in [-0.1, -0.05) is 66.7 Å². The molecule has 0 unspecified atom stereocenters. The van der Waals surface area contributed by atoms with Gasteiger partial charge in [0.15, 0.2) is 5.96 Å². The van der Waals surface area contributed by atoms with Crippen LogP contribution in [0.4, 0.5) is 0 Å². The lowest BCUT2D eigenvalue weighted by atomic mass is 10.1. The van der Waals surface area contributed by atoms with E-state index >= 15 is 0 Å². The molecule has 2 N–H and O–H groups in total. The second-order valence-corrected chi connectivity index (χ2v) is 7.92. The number of carbonyl (C=O) groups is 1. The first-order valence-electron chi connectivity index (χ1n) is 11.0. The predicted octanol–water partition coefficient (Wildman–Crippen LogP) is 4.59. The number of hydrogen-bond acceptors (Lipinski definition) is 3. The average molecular weight is 572 g/mol. The second kappa shape index (κ2) is 14.4. The Morgan fingerprint density at radius 3 is 2.06 bits per heavy atom. The van der Waals surface area contributed by atoms with Gasteiger partial charge in [0.1, 0.15) is 0 Å². The Bertz CT molecular complexity index is 1050. The molecular weight excluding hydrogens is 539 g/mol. The van der Waals surface area contributed by atoms with Crippen LogP contribution in [-0.4, -0.2) is 37.9 Å². The molecule has 3 aromatic rings. The van der Waals surface area contributed by atoms with Gasteiger partial charge in [-0.05, 0) is 34.4 Å². The maximum Gasteiger partial charge on any atom is 0.253 e. The van der Waals surface area contributed by atoms with E-state index in [9.17, 15) is 4.79 Å². The zero-order valence-electron chi connectivity index (χ0n) is 20.0. The number of aliphatic imine (C=N–C) groups is 1. The second-order valence-electron chi connectivity index (χ2n) is 7.92. The van der Waals surface area contributed by atoms with Crippen LogP contribution in [0.3, 0.4) is 0 Å². The summed E-state index contributed by atoms with van der Waals surface area (Å²) in [6.07, 6.45) is 0. The normalized spacial score (nSPS) is 10.9. The highest BCUT2D eigenvalue weighted by atomic mass is 127. The van der Waals surface area contributed by atoms with Crippen LogP contribution in [-0.2, 0) is 31.0 Å². The quantitative estimate of drug-likeness (QED) is 0.224. The van der Waals surface area contributed by atoms with Crippen LogP contribution in [0, 0.1) is 0 Å². The van der Waals surface area contributed by atoms with E-state index in [1.807, 2.05) is 54.6 Å². The van der Waals surface area contributed by atoms with Crippen LogP contribution in [0.15, 0.2) is 83.9 Å². The molecule has 0 aromatic heterocycles. The fourth-order valence-corrected chi connectivity index (χ4v) is 3.33. The lowest BCUT2D eigenvalue weighted by molar-refractivity contribution is 0.0827. The summed E-state index contributed by atoms with van der Waals surface area (Å²) in [6, 6.07) is 26.0. The fourth-order valence-electron chi connectivity index (χ4n) is 3.33. The van der Waals surface area contributed by atoms with Gasteiger partial charge in [0.25, 0.3) is 5.91 Å². The molecule has 0 aliphatic heterocycles. The molecule has 0 fully saturated rings. The van der Waals surface area contributed by atoms with Crippen molar-refractivity contribution >= 4 is 35.8 Å². The third kappa shape index (κ3) is 8.46. The predicted molar refractivity (Wildman–Crippen MR) is 148 cm³/mol. The standard InChI is InChI=1S/C27H32N4O2.HI/c1-28-27(29-17-21-13-15-23(16-14-21)26(32)31(2)3)30-18-24-11-7-8-12-25(24)20-33-19-22-9-5-4-6-10-22;/h4-16H,17-20H2,1-3H3,(H2,28,29,30);1H. The van der Waals surface area contributed by atoms with Gasteiger partial charge in [-0.25, -0.2) is 0 Å². The zero-order valence-corrected chi connectivity index (χ0v) is 22.3. The molecule has 0 heterocycles.